The van der Waals surface area contributed by atoms with Crippen molar-refractivity contribution in [2.45, 2.75) is 58.7 Å². The molecule has 0 aliphatic carbocycles. The van der Waals surface area contributed by atoms with E-state index in [9.17, 15) is 0 Å². The van der Waals surface area contributed by atoms with E-state index in [1.54, 1.807) is 0 Å². The molecule has 1 N–H and O–H groups in total. The highest BCUT2D eigenvalue weighted by Gasteiger charge is 2.11. The summed E-state index contributed by atoms with van der Waals surface area (Å²) in [5, 5.41) is 3.37. The van der Waals surface area contributed by atoms with E-state index < -0.39 is 0 Å². The van der Waals surface area contributed by atoms with Crippen LogP contribution in [0.25, 0.3) is 0 Å². The van der Waals surface area contributed by atoms with Crippen molar-refractivity contribution in [1.82, 2.24) is 9.88 Å². The number of hydrogen-bond donors (Lipinski definition) is 1. The predicted octanol–water partition coefficient (Wildman–Crippen LogP) is 3.36. The predicted molar refractivity (Wildman–Crippen MR) is 76.8 cm³/mol. The van der Waals surface area contributed by atoms with Crippen molar-refractivity contribution in [2.75, 3.05) is 13.7 Å². The smallest absolute Gasteiger partial charge is 0.0652 e. The van der Waals surface area contributed by atoms with Crippen LogP contribution in [0.2, 0.25) is 0 Å². The molecule has 0 spiro atoms. The molecule has 3 nitrogen and oxygen atoms in total. The van der Waals surface area contributed by atoms with E-state index >= 15 is 0 Å². The summed E-state index contributed by atoms with van der Waals surface area (Å²) in [6.07, 6.45) is 6.74. The lowest BCUT2D eigenvalue weighted by Crippen LogP contribution is -2.21. The number of hydrogen-bond acceptors (Lipinski definition) is 2. The minimum atomic E-state index is -0.0499. The van der Waals surface area contributed by atoms with Crippen LogP contribution in [0.15, 0.2) is 18.5 Å². The maximum absolute atomic E-state index is 5.74. The van der Waals surface area contributed by atoms with Gasteiger partial charge in [-0.1, -0.05) is 13.3 Å². The Balaban J connectivity index is 2.47. The number of aromatic nitrogens is 1. The van der Waals surface area contributed by atoms with Crippen molar-refractivity contribution in [3.63, 3.8) is 0 Å². The molecule has 0 saturated heterocycles. The average molecular weight is 252 g/mol. The van der Waals surface area contributed by atoms with Gasteiger partial charge in [-0.3, -0.25) is 0 Å². The first-order valence-corrected chi connectivity index (χ1v) is 6.93. The third kappa shape index (κ3) is 5.23. The van der Waals surface area contributed by atoms with Crippen molar-refractivity contribution in [2.24, 2.45) is 0 Å². The highest BCUT2D eigenvalue weighted by molar-refractivity contribution is 5.15. The van der Waals surface area contributed by atoms with E-state index in [2.05, 4.69) is 56.0 Å². The molecular formula is C15H28N2O. The molecule has 1 rings (SSSR count). The van der Waals surface area contributed by atoms with Gasteiger partial charge in [-0.25, -0.2) is 0 Å². The summed E-state index contributed by atoms with van der Waals surface area (Å²) in [6.45, 7) is 10.2. The second-order valence-corrected chi connectivity index (χ2v) is 5.77. The Kier molecular flexibility index (Phi) is 5.89. The summed E-state index contributed by atoms with van der Waals surface area (Å²) in [6, 6.07) is 2.67. The van der Waals surface area contributed by atoms with E-state index in [4.69, 9.17) is 4.74 Å². The Hall–Kier alpha value is -0.800. The van der Waals surface area contributed by atoms with E-state index in [1.165, 1.54) is 18.4 Å². The van der Waals surface area contributed by atoms with Crippen LogP contribution in [0, 0.1) is 0 Å². The van der Waals surface area contributed by atoms with Crippen molar-refractivity contribution in [3.8, 4) is 0 Å². The van der Waals surface area contributed by atoms with Gasteiger partial charge in [-0.05, 0) is 45.9 Å². The Morgan fingerprint density at radius 3 is 2.67 bits per heavy atom. The van der Waals surface area contributed by atoms with Crippen LogP contribution < -0.4 is 5.32 Å². The number of nitrogens with zero attached hydrogens (tertiary/aromatic N) is 1. The molecule has 0 saturated carbocycles. The van der Waals surface area contributed by atoms with Crippen LogP contribution >= 0.6 is 0 Å². The van der Waals surface area contributed by atoms with Crippen LogP contribution in [0.4, 0.5) is 0 Å². The Labute approximate surface area is 112 Å². The molecule has 1 aromatic rings. The average Bonchev–Trinajstić information content (AvgIpc) is 2.72. The maximum atomic E-state index is 5.74. The van der Waals surface area contributed by atoms with Gasteiger partial charge in [0, 0.05) is 25.0 Å². The molecule has 0 amide bonds. The fraction of sp³-hybridized carbons (Fsp3) is 0.733. The summed E-state index contributed by atoms with van der Waals surface area (Å²) < 4.78 is 7.95. The third-order valence-corrected chi connectivity index (χ3v) is 2.99. The van der Waals surface area contributed by atoms with Crippen molar-refractivity contribution in [3.05, 3.63) is 24.0 Å². The summed E-state index contributed by atoms with van der Waals surface area (Å²) in [4.78, 5) is 0. The Bertz CT molecular complexity index is 339. The van der Waals surface area contributed by atoms with Crippen molar-refractivity contribution >= 4 is 0 Å². The van der Waals surface area contributed by atoms with Gasteiger partial charge in [0.05, 0.1) is 12.2 Å². The topological polar surface area (TPSA) is 26.2 Å². The highest BCUT2D eigenvalue weighted by Crippen LogP contribution is 2.18. The molecule has 1 unspecified atom stereocenters. The lowest BCUT2D eigenvalue weighted by Gasteiger charge is -2.19. The Morgan fingerprint density at radius 1 is 1.39 bits per heavy atom. The lowest BCUT2D eigenvalue weighted by atomic mass is 10.1. The van der Waals surface area contributed by atoms with E-state index in [-0.39, 0.29) is 5.60 Å². The SMILES string of the molecule is CCCC(NC)c1ccn(CCOC(C)(C)C)c1. The minimum Gasteiger partial charge on any atom is -0.374 e. The van der Waals surface area contributed by atoms with Crippen LogP contribution in [-0.4, -0.2) is 23.8 Å². The summed E-state index contributed by atoms with van der Waals surface area (Å²) in [7, 11) is 2.03. The largest absolute Gasteiger partial charge is 0.374 e. The molecule has 1 heterocycles. The van der Waals surface area contributed by atoms with Gasteiger partial charge in [0.2, 0.25) is 0 Å². The molecule has 1 aromatic heterocycles. The first kappa shape index (κ1) is 15.3. The van der Waals surface area contributed by atoms with Crippen LogP contribution in [0.3, 0.4) is 0 Å². The second kappa shape index (κ2) is 6.95. The fourth-order valence-corrected chi connectivity index (χ4v) is 2.03. The van der Waals surface area contributed by atoms with Crippen LogP contribution in [0.5, 0.6) is 0 Å². The molecule has 0 aromatic carbocycles. The van der Waals surface area contributed by atoms with Gasteiger partial charge in [-0.2, -0.15) is 0 Å². The van der Waals surface area contributed by atoms with Crippen LogP contribution in [-0.2, 0) is 11.3 Å². The maximum Gasteiger partial charge on any atom is 0.0652 e. The fourth-order valence-electron chi connectivity index (χ4n) is 2.03. The lowest BCUT2D eigenvalue weighted by molar-refractivity contribution is -0.00680. The van der Waals surface area contributed by atoms with E-state index in [0.29, 0.717) is 6.04 Å². The van der Waals surface area contributed by atoms with Crippen LogP contribution in [0.1, 0.15) is 52.1 Å². The molecule has 1 atom stereocenters. The summed E-state index contributed by atoms with van der Waals surface area (Å²) in [5.41, 5.74) is 1.32. The first-order valence-electron chi connectivity index (χ1n) is 6.93. The zero-order chi connectivity index (χ0) is 13.6. The van der Waals surface area contributed by atoms with Gasteiger partial charge in [-0.15, -0.1) is 0 Å². The van der Waals surface area contributed by atoms with Gasteiger partial charge < -0.3 is 14.6 Å². The molecular weight excluding hydrogens is 224 g/mol. The molecule has 3 heteroatoms. The minimum absolute atomic E-state index is 0.0499. The quantitative estimate of drug-likeness (QED) is 0.805. The van der Waals surface area contributed by atoms with Gasteiger partial charge >= 0.3 is 0 Å². The first-order chi connectivity index (χ1) is 8.46. The molecule has 0 fully saturated rings. The standard InChI is InChI=1S/C15H28N2O/c1-6-7-14(16-5)13-8-9-17(12-13)10-11-18-15(2,3)4/h8-9,12,14,16H,6-7,10-11H2,1-5H3. The molecule has 104 valence electrons. The van der Waals surface area contributed by atoms with Gasteiger partial charge in [0.25, 0.3) is 0 Å². The summed E-state index contributed by atoms with van der Waals surface area (Å²) >= 11 is 0. The second-order valence-electron chi connectivity index (χ2n) is 5.77. The summed E-state index contributed by atoms with van der Waals surface area (Å²) in [5.74, 6) is 0. The molecule has 0 aliphatic heterocycles. The zero-order valence-corrected chi connectivity index (χ0v) is 12.5. The number of nitrogens with one attached hydrogen (secondary N) is 1. The Morgan fingerprint density at radius 2 is 2.11 bits per heavy atom. The van der Waals surface area contributed by atoms with E-state index in [0.717, 1.165) is 13.2 Å². The van der Waals surface area contributed by atoms with Gasteiger partial charge in [0.15, 0.2) is 0 Å². The molecule has 18 heavy (non-hydrogen) atoms. The number of rotatable bonds is 7. The molecule has 0 aliphatic rings. The normalized spacial score (nSPS) is 13.8. The molecule has 0 bridgehead atoms. The van der Waals surface area contributed by atoms with Gasteiger partial charge in [0.1, 0.15) is 0 Å². The number of ether oxygens (including phenoxy) is 1. The molecule has 0 radical (unpaired) electrons. The van der Waals surface area contributed by atoms with E-state index in [1.807, 2.05) is 7.05 Å². The van der Waals surface area contributed by atoms with Crippen molar-refractivity contribution < 1.29 is 4.74 Å². The zero-order valence-electron chi connectivity index (χ0n) is 12.5. The third-order valence-electron chi connectivity index (χ3n) is 2.99. The van der Waals surface area contributed by atoms with Crippen molar-refractivity contribution in [1.29, 1.82) is 0 Å². The monoisotopic (exact) mass is 252 g/mol. The highest BCUT2D eigenvalue weighted by atomic mass is 16.5.